The molecule has 26 heavy (non-hydrogen) atoms. The zero-order chi connectivity index (χ0) is 18.7. The largest absolute Gasteiger partial charge is 0.466 e. The van der Waals surface area contributed by atoms with Crippen molar-refractivity contribution in [3.05, 3.63) is 82.4 Å². The quantitative estimate of drug-likeness (QED) is 0.862. The van der Waals surface area contributed by atoms with Crippen LogP contribution in [-0.2, 0) is 9.53 Å². The van der Waals surface area contributed by atoms with Crippen molar-refractivity contribution in [3.8, 4) is 6.07 Å². The number of pyridine rings is 1. The third kappa shape index (κ3) is 2.98. The Hall–Kier alpha value is -3.39. The summed E-state index contributed by atoms with van der Waals surface area (Å²) in [5.41, 5.74) is 4.99. The van der Waals surface area contributed by atoms with Crippen molar-refractivity contribution in [2.45, 2.75) is 19.8 Å². The summed E-state index contributed by atoms with van der Waals surface area (Å²) in [5.74, 6) is -0.858. The fraction of sp³-hybridized carbons (Fsp3) is 0.190. The molecule has 0 spiro atoms. The van der Waals surface area contributed by atoms with Crippen molar-refractivity contribution in [2.24, 2.45) is 0 Å². The predicted molar refractivity (Wildman–Crippen MR) is 98.6 cm³/mol. The van der Waals surface area contributed by atoms with Gasteiger partial charge in [-0.1, -0.05) is 24.3 Å². The normalized spacial score (nSPS) is 16.8. The van der Waals surface area contributed by atoms with Crippen LogP contribution in [0.5, 0.6) is 0 Å². The van der Waals surface area contributed by atoms with Gasteiger partial charge in [-0.15, -0.1) is 0 Å². The summed E-state index contributed by atoms with van der Waals surface area (Å²) in [5, 5.41) is 12.9. The Kier molecular flexibility index (Phi) is 4.85. The van der Waals surface area contributed by atoms with Gasteiger partial charge in [0.25, 0.3) is 0 Å². The molecule has 2 heterocycles. The van der Waals surface area contributed by atoms with E-state index in [4.69, 9.17) is 4.74 Å². The molecule has 0 radical (unpaired) electrons. The minimum atomic E-state index is -0.436. The first-order valence-electron chi connectivity index (χ1n) is 8.25. The maximum Gasteiger partial charge on any atom is 0.336 e. The van der Waals surface area contributed by atoms with Gasteiger partial charge in [0, 0.05) is 29.1 Å². The number of allylic oxidation sites excluding steroid dienone is 3. The van der Waals surface area contributed by atoms with E-state index in [0.717, 1.165) is 22.5 Å². The highest BCUT2D eigenvalue weighted by molar-refractivity contribution is 5.97. The van der Waals surface area contributed by atoms with Crippen molar-refractivity contribution in [3.63, 3.8) is 0 Å². The van der Waals surface area contributed by atoms with Crippen LogP contribution in [0.4, 0.5) is 0 Å². The van der Waals surface area contributed by atoms with Gasteiger partial charge in [-0.3, -0.25) is 4.98 Å². The van der Waals surface area contributed by atoms with E-state index in [1.165, 1.54) is 7.11 Å². The highest BCUT2D eigenvalue weighted by Gasteiger charge is 2.36. The van der Waals surface area contributed by atoms with Crippen LogP contribution in [-0.4, -0.2) is 18.1 Å². The summed E-state index contributed by atoms with van der Waals surface area (Å²) in [6.45, 7) is 3.79. The van der Waals surface area contributed by atoms with Gasteiger partial charge in [-0.25, -0.2) is 4.79 Å². The average molecular weight is 345 g/mol. The molecule has 1 aromatic heterocycles. The highest BCUT2D eigenvalue weighted by Crippen LogP contribution is 2.43. The SMILES string of the molecule is COC(=O)C1=C(C)NC(C)=C(c2ccccn2)C1c1ccccc1C#N. The zero-order valence-electron chi connectivity index (χ0n) is 14.9. The monoisotopic (exact) mass is 345 g/mol. The zero-order valence-corrected chi connectivity index (χ0v) is 14.9. The Morgan fingerprint density at radius 1 is 1.15 bits per heavy atom. The molecule has 0 bridgehead atoms. The number of hydrogen-bond donors (Lipinski definition) is 1. The second-order valence-electron chi connectivity index (χ2n) is 6.04. The lowest BCUT2D eigenvalue weighted by molar-refractivity contribution is -0.136. The Balaban J connectivity index is 2.31. The van der Waals surface area contributed by atoms with Gasteiger partial charge in [-0.05, 0) is 37.6 Å². The number of nitrogens with zero attached hydrogens (tertiary/aromatic N) is 2. The fourth-order valence-corrected chi connectivity index (χ4v) is 3.40. The van der Waals surface area contributed by atoms with E-state index in [2.05, 4.69) is 16.4 Å². The van der Waals surface area contributed by atoms with Crippen molar-refractivity contribution in [2.75, 3.05) is 7.11 Å². The lowest BCUT2D eigenvalue weighted by atomic mass is 9.77. The lowest BCUT2D eigenvalue weighted by Crippen LogP contribution is -2.28. The van der Waals surface area contributed by atoms with Gasteiger partial charge in [0.15, 0.2) is 0 Å². The summed E-state index contributed by atoms with van der Waals surface area (Å²) in [7, 11) is 1.36. The number of carbonyl (C=O) groups excluding carboxylic acids is 1. The fourth-order valence-electron chi connectivity index (χ4n) is 3.40. The van der Waals surface area contributed by atoms with Gasteiger partial charge >= 0.3 is 5.97 Å². The number of nitrogens with one attached hydrogen (secondary N) is 1. The second kappa shape index (κ2) is 7.24. The first kappa shape index (κ1) is 17.4. The number of methoxy groups -OCH3 is 1. The minimum absolute atomic E-state index is 0.423. The predicted octanol–water partition coefficient (Wildman–Crippen LogP) is 3.52. The van der Waals surface area contributed by atoms with E-state index < -0.39 is 11.9 Å². The molecule has 1 N–H and O–H groups in total. The summed E-state index contributed by atoms with van der Waals surface area (Å²) < 4.78 is 5.04. The van der Waals surface area contributed by atoms with E-state index in [1.54, 1.807) is 12.3 Å². The molecule has 0 saturated heterocycles. The van der Waals surface area contributed by atoms with Crippen molar-refractivity contribution >= 4 is 11.5 Å². The Morgan fingerprint density at radius 3 is 2.54 bits per heavy atom. The van der Waals surface area contributed by atoms with Gasteiger partial charge in [0.05, 0.1) is 30.0 Å². The van der Waals surface area contributed by atoms with Crippen LogP contribution < -0.4 is 5.32 Å². The van der Waals surface area contributed by atoms with E-state index in [1.807, 2.05) is 50.2 Å². The Labute approximate surface area is 152 Å². The van der Waals surface area contributed by atoms with Crippen LogP contribution in [0.1, 0.15) is 36.6 Å². The summed E-state index contributed by atoms with van der Waals surface area (Å²) in [4.78, 5) is 17.1. The average Bonchev–Trinajstić information content (AvgIpc) is 2.67. The molecule has 0 amide bonds. The molecule has 0 aliphatic carbocycles. The lowest BCUT2D eigenvalue weighted by Gasteiger charge is -2.31. The number of hydrogen-bond acceptors (Lipinski definition) is 5. The number of benzene rings is 1. The standard InChI is InChI=1S/C21H19N3O2/c1-13-18(17-10-6-7-11-23-17)20(16-9-5-4-8-15(16)12-22)19(14(2)24-13)21(25)26-3/h4-11,20,24H,1-3H3. The van der Waals surface area contributed by atoms with Crippen molar-refractivity contribution in [1.29, 1.82) is 5.26 Å². The highest BCUT2D eigenvalue weighted by atomic mass is 16.5. The van der Waals surface area contributed by atoms with Crippen molar-refractivity contribution < 1.29 is 9.53 Å². The van der Waals surface area contributed by atoms with Crippen molar-refractivity contribution in [1.82, 2.24) is 10.3 Å². The molecule has 0 saturated carbocycles. The number of dihydropyridines is 1. The molecule has 2 aromatic rings. The number of nitriles is 1. The maximum atomic E-state index is 12.6. The number of rotatable bonds is 3. The second-order valence-corrected chi connectivity index (χ2v) is 6.04. The molecular formula is C21H19N3O2. The summed E-state index contributed by atoms with van der Waals surface area (Å²) in [6, 6.07) is 15.2. The minimum Gasteiger partial charge on any atom is -0.466 e. The molecule has 1 atom stereocenters. The topological polar surface area (TPSA) is 75.0 Å². The molecule has 1 aliphatic rings. The van der Waals surface area contributed by atoms with E-state index >= 15 is 0 Å². The maximum absolute atomic E-state index is 12.6. The molecule has 0 fully saturated rings. The van der Waals surface area contributed by atoms with Crippen LogP contribution in [0.3, 0.4) is 0 Å². The molecule has 1 aliphatic heterocycles. The number of ether oxygens (including phenoxy) is 1. The number of carbonyl (C=O) groups is 1. The molecule has 3 rings (SSSR count). The Bertz CT molecular complexity index is 953. The first-order valence-corrected chi connectivity index (χ1v) is 8.25. The van der Waals surface area contributed by atoms with Crippen LogP contribution in [0, 0.1) is 11.3 Å². The van der Waals surface area contributed by atoms with Crippen LogP contribution in [0.2, 0.25) is 0 Å². The van der Waals surface area contributed by atoms with E-state index in [0.29, 0.717) is 16.8 Å². The summed E-state index contributed by atoms with van der Waals surface area (Å²) >= 11 is 0. The molecule has 1 aromatic carbocycles. The van der Waals surface area contributed by atoms with Crippen LogP contribution in [0.25, 0.3) is 5.57 Å². The third-order valence-electron chi connectivity index (χ3n) is 4.50. The van der Waals surface area contributed by atoms with Gasteiger partial charge < -0.3 is 10.1 Å². The van der Waals surface area contributed by atoms with Gasteiger partial charge in [0.1, 0.15) is 0 Å². The van der Waals surface area contributed by atoms with E-state index in [9.17, 15) is 10.1 Å². The molecular weight excluding hydrogens is 326 g/mol. The van der Waals surface area contributed by atoms with Gasteiger partial charge in [-0.2, -0.15) is 5.26 Å². The van der Waals surface area contributed by atoms with Gasteiger partial charge in [0.2, 0.25) is 0 Å². The summed E-state index contributed by atoms with van der Waals surface area (Å²) in [6.07, 6.45) is 1.71. The van der Waals surface area contributed by atoms with Crippen LogP contribution >= 0.6 is 0 Å². The number of esters is 1. The number of aromatic nitrogens is 1. The molecule has 5 nitrogen and oxygen atoms in total. The van der Waals surface area contributed by atoms with E-state index in [-0.39, 0.29) is 0 Å². The third-order valence-corrected chi connectivity index (χ3v) is 4.50. The molecule has 130 valence electrons. The first-order chi connectivity index (χ1) is 12.6. The van der Waals surface area contributed by atoms with Crippen LogP contribution in [0.15, 0.2) is 65.6 Å². The Morgan fingerprint density at radius 2 is 1.88 bits per heavy atom. The smallest absolute Gasteiger partial charge is 0.336 e. The molecule has 5 heteroatoms. The molecule has 1 unspecified atom stereocenters.